The van der Waals surface area contributed by atoms with Crippen LogP contribution >= 0.6 is 0 Å². The van der Waals surface area contributed by atoms with Crippen LogP contribution in [0.15, 0.2) is 54.6 Å². The number of hydrogen-bond acceptors (Lipinski definition) is 7. The molecule has 4 atom stereocenters. The van der Waals surface area contributed by atoms with Crippen LogP contribution in [0, 0.1) is 0 Å². The third-order valence-corrected chi connectivity index (χ3v) is 6.46. The Hall–Kier alpha value is -4.45. The molecule has 3 amide bonds. The van der Waals surface area contributed by atoms with Gasteiger partial charge in [-0.25, -0.2) is 4.79 Å². The average Bonchev–Trinajstić information content (AvgIpc) is 3.39. The Morgan fingerprint density at radius 3 is 2.13 bits per heavy atom. The minimum Gasteiger partial charge on any atom is -0.508 e. The third kappa shape index (κ3) is 8.27. The first kappa shape index (κ1) is 29.1. The molecule has 1 heterocycles. The Morgan fingerprint density at radius 2 is 1.51 bits per heavy atom. The Labute approximate surface area is 224 Å². The van der Waals surface area contributed by atoms with Crippen molar-refractivity contribution < 1.29 is 39.3 Å². The monoisotopic (exact) mass is 540 g/mol. The number of carbonyl (C=O) groups excluding carboxylic acids is 3. The Morgan fingerprint density at radius 1 is 0.897 bits per heavy atom. The summed E-state index contributed by atoms with van der Waals surface area (Å²) in [6, 6.07) is 10.0. The van der Waals surface area contributed by atoms with E-state index >= 15 is 0 Å². The van der Waals surface area contributed by atoms with Gasteiger partial charge in [0.25, 0.3) is 0 Å². The number of amides is 3. The summed E-state index contributed by atoms with van der Waals surface area (Å²) in [5, 5.41) is 33.3. The highest BCUT2D eigenvalue weighted by molar-refractivity contribution is 5.95. The fraction of sp³-hybridized carbons (Fsp3) is 0.370. The van der Waals surface area contributed by atoms with Crippen molar-refractivity contribution in [2.45, 2.75) is 56.3 Å². The molecular formula is C27H32N4O8. The molecule has 0 bridgehead atoms. The van der Waals surface area contributed by atoms with Crippen molar-refractivity contribution in [3.63, 3.8) is 0 Å². The van der Waals surface area contributed by atoms with E-state index in [-0.39, 0.29) is 25.1 Å². The van der Waals surface area contributed by atoms with Crippen molar-refractivity contribution in [1.29, 1.82) is 0 Å². The molecule has 0 spiro atoms. The second kappa shape index (κ2) is 13.4. The number of carboxylic acids is 2. The van der Waals surface area contributed by atoms with Crippen LogP contribution in [-0.2, 0) is 36.8 Å². The van der Waals surface area contributed by atoms with E-state index in [1.165, 1.54) is 17.0 Å². The summed E-state index contributed by atoms with van der Waals surface area (Å²) >= 11 is 0. The SMILES string of the molecule is NC(CC(=O)O)C(=O)N1CCCC1C(=O)NC(Cc1ccccc1)C(=O)NC(Cc1ccc(O)cc1)C(=O)O. The van der Waals surface area contributed by atoms with Gasteiger partial charge in [-0.2, -0.15) is 0 Å². The maximum absolute atomic E-state index is 13.3. The first-order valence-electron chi connectivity index (χ1n) is 12.5. The van der Waals surface area contributed by atoms with E-state index in [0.717, 1.165) is 0 Å². The molecule has 12 heteroatoms. The lowest BCUT2D eigenvalue weighted by atomic mass is 10.0. The van der Waals surface area contributed by atoms with Crippen LogP contribution in [0.25, 0.3) is 0 Å². The normalized spacial score (nSPS) is 17.1. The molecular weight excluding hydrogens is 508 g/mol. The Bertz CT molecular complexity index is 1190. The van der Waals surface area contributed by atoms with Gasteiger partial charge >= 0.3 is 11.9 Å². The standard InChI is InChI=1S/C27H32N4O8/c28-19(15-23(33)34)26(37)31-12-4-7-22(31)25(36)29-20(13-16-5-2-1-3-6-16)24(35)30-21(27(38)39)14-17-8-10-18(32)11-9-17/h1-3,5-6,8-11,19-22,32H,4,7,12-15,28H2,(H,29,36)(H,30,35)(H,33,34)(H,38,39). The number of carbonyl (C=O) groups is 5. The van der Waals surface area contributed by atoms with Crippen LogP contribution in [0.5, 0.6) is 5.75 Å². The second-order valence-electron chi connectivity index (χ2n) is 9.41. The fourth-order valence-electron chi connectivity index (χ4n) is 4.46. The lowest BCUT2D eigenvalue weighted by Crippen LogP contribution is -2.57. The quantitative estimate of drug-likeness (QED) is 0.215. The van der Waals surface area contributed by atoms with Gasteiger partial charge in [-0.05, 0) is 36.1 Å². The van der Waals surface area contributed by atoms with Crippen LogP contribution < -0.4 is 16.4 Å². The molecule has 12 nitrogen and oxygen atoms in total. The molecule has 1 saturated heterocycles. The van der Waals surface area contributed by atoms with Crippen LogP contribution in [0.3, 0.4) is 0 Å². The van der Waals surface area contributed by atoms with Crippen molar-refractivity contribution in [2.75, 3.05) is 6.54 Å². The van der Waals surface area contributed by atoms with Gasteiger partial charge in [0.1, 0.15) is 23.9 Å². The van der Waals surface area contributed by atoms with Gasteiger partial charge in [-0.1, -0.05) is 42.5 Å². The number of nitrogens with zero attached hydrogens (tertiary/aromatic N) is 1. The van der Waals surface area contributed by atoms with Crippen molar-refractivity contribution >= 4 is 29.7 Å². The molecule has 2 aromatic carbocycles. The number of nitrogens with two attached hydrogens (primary N) is 1. The highest BCUT2D eigenvalue weighted by Crippen LogP contribution is 2.19. The zero-order valence-electron chi connectivity index (χ0n) is 21.2. The number of hydrogen-bond donors (Lipinski definition) is 6. The van der Waals surface area contributed by atoms with E-state index in [1.54, 1.807) is 42.5 Å². The summed E-state index contributed by atoms with van der Waals surface area (Å²) in [6.45, 7) is 0.216. The van der Waals surface area contributed by atoms with Gasteiger partial charge in [-0.3, -0.25) is 19.2 Å². The molecule has 1 aliphatic heterocycles. The molecule has 4 unspecified atom stereocenters. The van der Waals surface area contributed by atoms with E-state index in [1.807, 2.05) is 0 Å². The van der Waals surface area contributed by atoms with Crippen LogP contribution in [-0.4, -0.2) is 80.6 Å². The van der Waals surface area contributed by atoms with Crippen LogP contribution in [0.1, 0.15) is 30.4 Å². The van der Waals surface area contributed by atoms with E-state index < -0.39 is 60.2 Å². The highest BCUT2D eigenvalue weighted by Gasteiger charge is 2.38. The van der Waals surface area contributed by atoms with E-state index in [0.29, 0.717) is 24.0 Å². The van der Waals surface area contributed by atoms with E-state index in [2.05, 4.69) is 10.6 Å². The lowest BCUT2D eigenvalue weighted by molar-refractivity contribution is -0.144. The lowest BCUT2D eigenvalue weighted by Gasteiger charge is -2.28. The van der Waals surface area contributed by atoms with Crippen molar-refractivity contribution in [1.82, 2.24) is 15.5 Å². The largest absolute Gasteiger partial charge is 0.508 e. The molecule has 0 aliphatic carbocycles. The Balaban J connectivity index is 1.76. The molecule has 0 saturated carbocycles. The summed E-state index contributed by atoms with van der Waals surface area (Å²) in [5.41, 5.74) is 7.01. The third-order valence-electron chi connectivity index (χ3n) is 6.46. The summed E-state index contributed by atoms with van der Waals surface area (Å²) in [6.07, 6.45) is 0.214. The predicted octanol–water partition coefficient (Wildman–Crippen LogP) is 0.0246. The maximum atomic E-state index is 13.3. The summed E-state index contributed by atoms with van der Waals surface area (Å²) in [7, 11) is 0. The number of aliphatic carboxylic acids is 2. The summed E-state index contributed by atoms with van der Waals surface area (Å²) in [5.74, 6) is -4.51. The Kier molecular flexibility index (Phi) is 9.98. The van der Waals surface area contributed by atoms with Crippen LogP contribution in [0.4, 0.5) is 0 Å². The van der Waals surface area contributed by atoms with Crippen molar-refractivity contribution in [2.24, 2.45) is 5.73 Å². The zero-order valence-corrected chi connectivity index (χ0v) is 21.2. The minimum absolute atomic E-state index is 0.0173. The molecule has 1 fully saturated rings. The number of phenolic OH excluding ortho intramolecular Hbond substituents is 1. The predicted molar refractivity (Wildman–Crippen MR) is 138 cm³/mol. The fourth-order valence-corrected chi connectivity index (χ4v) is 4.46. The molecule has 208 valence electrons. The molecule has 1 aliphatic rings. The second-order valence-corrected chi connectivity index (χ2v) is 9.41. The summed E-state index contributed by atoms with van der Waals surface area (Å²) < 4.78 is 0. The number of benzene rings is 2. The van der Waals surface area contributed by atoms with Gasteiger partial charge in [-0.15, -0.1) is 0 Å². The molecule has 39 heavy (non-hydrogen) atoms. The smallest absolute Gasteiger partial charge is 0.326 e. The number of rotatable bonds is 12. The number of nitrogens with one attached hydrogen (secondary N) is 2. The van der Waals surface area contributed by atoms with E-state index in [4.69, 9.17) is 10.8 Å². The molecule has 3 rings (SSSR count). The van der Waals surface area contributed by atoms with Crippen molar-refractivity contribution in [3.05, 3.63) is 65.7 Å². The minimum atomic E-state index is -1.31. The average molecular weight is 541 g/mol. The van der Waals surface area contributed by atoms with E-state index in [9.17, 15) is 34.2 Å². The maximum Gasteiger partial charge on any atom is 0.326 e. The topological polar surface area (TPSA) is 199 Å². The molecule has 0 radical (unpaired) electrons. The number of likely N-dealkylation sites (tertiary alicyclic amines) is 1. The molecule has 0 aromatic heterocycles. The number of aromatic hydroxyl groups is 1. The summed E-state index contributed by atoms with van der Waals surface area (Å²) in [4.78, 5) is 63.4. The van der Waals surface area contributed by atoms with Gasteiger partial charge in [0.2, 0.25) is 17.7 Å². The van der Waals surface area contributed by atoms with Gasteiger partial charge in [0.05, 0.1) is 12.5 Å². The first-order valence-corrected chi connectivity index (χ1v) is 12.5. The first-order chi connectivity index (χ1) is 18.5. The number of phenols is 1. The number of carboxylic acid groups (broad SMARTS) is 2. The molecule has 7 N–H and O–H groups in total. The van der Waals surface area contributed by atoms with Gasteiger partial charge in [0, 0.05) is 19.4 Å². The molecule has 2 aromatic rings. The van der Waals surface area contributed by atoms with Crippen LogP contribution in [0.2, 0.25) is 0 Å². The van der Waals surface area contributed by atoms with Crippen molar-refractivity contribution in [3.8, 4) is 5.75 Å². The highest BCUT2D eigenvalue weighted by atomic mass is 16.4. The zero-order chi connectivity index (χ0) is 28.5. The van der Waals surface area contributed by atoms with Gasteiger partial charge in [0.15, 0.2) is 0 Å². The van der Waals surface area contributed by atoms with Gasteiger partial charge < -0.3 is 36.6 Å².